The molecule has 0 aliphatic rings. The third-order valence-electron chi connectivity index (χ3n) is 7.52. The summed E-state index contributed by atoms with van der Waals surface area (Å²) in [6, 6.07) is 83.1. The Morgan fingerprint density at radius 2 is 0.250 bits per heavy atom. The summed E-state index contributed by atoms with van der Waals surface area (Å²) in [7, 11) is -2.17. The smallest absolute Gasteiger partial charge is 0.402 e. The van der Waals surface area contributed by atoms with Gasteiger partial charge in [-0.3, -0.25) is 0 Å². The van der Waals surface area contributed by atoms with E-state index in [1.165, 1.54) is 44.5 Å². The summed E-state index contributed by atoms with van der Waals surface area (Å²) >= 11 is 0. The van der Waals surface area contributed by atoms with Gasteiger partial charge in [-0.05, 0) is 44.5 Å². The third-order valence-corrected chi connectivity index (χ3v) is 7.52. The van der Waals surface area contributed by atoms with Crippen molar-refractivity contribution in [1.82, 2.24) is 0 Å². The van der Waals surface area contributed by atoms with Crippen molar-refractivity contribution in [3.8, 4) is 44.5 Å². The molecule has 0 saturated carbocycles. The van der Waals surface area contributed by atoms with Crippen molar-refractivity contribution < 1.29 is 15.1 Å². The van der Waals surface area contributed by atoms with Gasteiger partial charge in [0.1, 0.15) is 0 Å². The molecule has 4 heteroatoms. The molecule has 0 heterocycles. The molecule has 0 aliphatic heterocycles. The molecule has 0 spiro atoms. The minimum Gasteiger partial charge on any atom is -0.402 e. The summed E-state index contributed by atoms with van der Waals surface area (Å²) in [6.07, 6.45) is 0. The summed E-state index contributed by atoms with van der Waals surface area (Å²) in [5.41, 5.74) is 10.2. The van der Waals surface area contributed by atoms with Gasteiger partial charge < -0.3 is 15.1 Å². The van der Waals surface area contributed by atoms with E-state index in [0.717, 1.165) is 0 Å². The highest BCUT2D eigenvalue weighted by Gasteiger charge is 1.95. The fraction of sp³-hybridized carbons (Fsp3) is 0. The van der Waals surface area contributed by atoms with Crippen LogP contribution in [0.3, 0.4) is 0 Å². The Labute approximate surface area is 308 Å². The first-order valence-electron chi connectivity index (χ1n) is 17.1. The van der Waals surface area contributed by atoms with E-state index in [-0.39, 0.29) is 0 Å². The molecule has 0 fully saturated rings. The molecule has 8 rings (SSSR count). The van der Waals surface area contributed by atoms with Crippen molar-refractivity contribution in [2.24, 2.45) is 0 Å². The van der Waals surface area contributed by atoms with Crippen molar-refractivity contribution in [2.45, 2.75) is 0 Å². The van der Waals surface area contributed by atoms with Gasteiger partial charge in [-0.1, -0.05) is 243 Å². The molecular formula is C48H43BO3. The van der Waals surface area contributed by atoms with Crippen LogP contribution in [0.25, 0.3) is 44.5 Å². The lowest BCUT2D eigenvalue weighted by Gasteiger charge is -1.98. The molecule has 3 N–H and O–H groups in total. The Bertz CT molecular complexity index is 1560. The maximum atomic E-state index is 7.17. The van der Waals surface area contributed by atoms with Gasteiger partial charge in [-0.25, -0.2) is 0 Å². The average Bonchev–Trinajstić information content (AvgIpc) is 3.24. The Balaban J connectivity index is 0.000000150. The van der Waals surface area contributed by atoms with Crippen LogP contribution in [-0.4, -0.2) is 22.4 Å². The lowest BCUT2D eigenvalue weighted by Crippen LogP contribution is -2.07. The molecule has 0 radical (unpaired) electrons. The van der Waals surface area contributed by atoms with Crippen molar-refractivity contribution in [3.05, 3.63) is 243 Å². The number of hydrogen-bond acceptors (Lipinski definition) is 3. The maximum Gasteiger partial charge on any atom is 0.631 e. The lowest BCUT2D eigenvalue weighted by atomic mass is 10.1. The van der Waals surface area contributed by atoms with E-state index in [1.807, 2.05) is 48.5 Å². The van der Waals surface area contributed by atoms with E-state index in [4.69, 9.17) is 15.1 Å². The SMILES string of the molecule is OB(O)O.c1ccc(-c2ccccc2)cc1.c1ccc(-c2ccccc2)cc1.c1ccc(-c2ccccc2)cc1.c1ccc(-c2ccccc2)cc1. The van der Waals surface area contributed by atoms with Gasteiger partial charge in [0, 0.05) is 0 Å². The van der Waals surface area contributed by atoms with Gasteiger partial charge in [-0.15, -0.1) is 0 Å². The fourth-order valence-electron chi connectivity index (χ4n) is 5.04. The second kappa shape index (κ2) is 23.2. The Morgan fingerprint density at radius 1 is 0.173 bits per heavy atom. The number of hydrogen-bond donors (Lipinski definition) is 3. The van der Waals surface area contributed by atoms with Crippen molar-refractivity contribution >= 4 is 7.32 Å². The van der Waals surface area contributed by atoms with Crippen LogP contribution in [0.2, 0.25) is 0 Å². The van der Waals surface area contributed by atoms with E-state index >= 15 is 0 Å². The average molecular weight is 679 g/mol. The first-order chi connectivity index (χ1) is 25.6. The van der Waals surface area contributed by atoms with Gasteiger partial charge in [0.2, 0.25) is 0 Å². The standard InChI is InChI=1S/4C12H10.BH3O3/c4*1-3-7-11(8-4-1)12-9-5-2-6-10-12;2-1(3)4/h4*1-10H;2-4H. The number of benzene rings is 8. The zero-order valence-electron chi connectivity index (χ0n) is 29.0. The molecule has 52 heavy (non-hydrogen) atoms. The topological polar surface area (TPSA) is 60.7 Å². The third kappa shape index (κ3) is 14.7. The molecular weight excluding hydrogens is 635 g/mol. The molecule has 256 valence electrons. The second-order valence-electron chi connectivity index (χ2n) is 11.3. The van der Waals surface area contributed by atoms with Crippen molar-refractivity contribution in [2.75, 3.05) is 0 Å². The molecule has 8 aromatic carbocycles. The van der Waals surface area contributed by atoms with Crippen molar-refractivity contribution in [3.63, 3.8) is 0 Å². The van der Waals surface area contributed by atoms with Gasteiger partial charge >= 0.3 is 7.32 Å². The molecule has 0 atom stereocenters. The number of rotatable bonds is 4. The summed E-state index contributed by atoms with van der Waals surface area (Å²) in [4.78, 5) is 0. The molecule has 0 amide bonds. The van der Waals surface area contributed by atoms with Crippen LogP contribution in [-0.2, 0) is 0 Å². The van der Waals surface area contributed by atoms with Crippen LogP contribution < -0.4 is 0 Å². The Morgan fingerprint density at radius 3 is 0.327 bits per heavy atom. The van der Waals surface area contributed by atoms with Gasteiger partial charge in [-0.2, -0.15) is 0 Å². The maximum absolute atomic E-state index is 7.17. The summed E-state index contributed by atoms with van der Waals surface area (Å²) in [6.45, 7) is 0. The predicted octanol–water partition coefficient (Wildman–Crippen LogP) is 11.4. The van der Waals surface area contributed by atoms with E-state index in [2.05, 4.69) is 194 Å². The van der Waals surface area contributed by atoms with Gasteiger partial charge in [0.25, 0.3) is 0 Å². The highest BCUT2D eigenvalue weighted by molar-refractivity contribution is 6.30. The summed E-state index contributed by atoms with van der Waals surface area (Å²) in [5.74, 6) is 0. The first-order valence-corrected chi connectivity index (χ1v) is 17.1. The molecule has 0 aromatic heterocycles. The van der Waals surface area contributed by atoms with E-state index in [9.17, 15) is 0 Å². The molecule has 3 nitrogen and oxygen atoms in total. The summed E-state index contributed by atoms with van der Waals surface area (Å²) < 4.78 is 0. The first kappa shape index (κ1) is 38.5. The van der Waals surface area contributed by atoms with Crippen LogP contribution in [0.4, 0.5) is 0 Å². The van der Waals surface area contributed by atoms with Crippen LogP contribution in [0.1, 0.15) is 0 Å². The predicted molar refractivity (Wildman–Crippen MR) is 220 cm³/mol. The minimum absolute atomic E-state index is 1.28. The van der Waals surface area contributed by atoms with Crippen LogP contribution in [0.5, 0.6) is 0 Å². The molecule has 8 aromatic rings. The zero-order chi connectivity index (χ0) is 36.5. The highest BCUT2D eigenvalue weighted by atomic mass is 16.5. The van der Waals surface area contributed by atoms with Crippen LogP contribution in [0.15, 0.2) is 243 Å². The minimum atomic E-state index is -2.17. The lowest BCUT2D eigenvalue weighted by molar-refractivity contribution is 0.278. The zero-order valence-corrected chi connectivity index (χ0v) is 29.0. The monoisotopic (exact) mass is 678 g/mol. The quantitative estimate of drug-likeness (QED) is 0.162. The largest absolute Gasteiger partial charge is 0.631 e. The molecule has 0 unspecified atom stereocenters. The normalized spacial score (nSPS) is 9.44. The Hall–Kier alpha value is -6.30. The van der Waals surface area contributed by atoms with Gasteiger partial charge in [0.15, 0.2) is 0 Å². The molecule has 0 saturated heterocycles. The highest BCUT2D eigenvalue weighted by Crippen LogP contribution is 2.20. The van der Waals surface area contributed by atoms with Crippen LogP contribution >= 0.6 is 0 Å². The van der Waals surface area contributed by atoms with E-state index in [0.29, 0.717) is 0 Å². The van der Waals surface area contributed by atoms with E-state index in [1.54, 1.807) is 0 Å². The van der Waals surface area contributed by atoms with E-state index < -0.39 is 7.32 Å². The molecule has 0 bridgehead atoms. The van der Waals surface area contributed by atoms with Gasteiger partial charge in [0.05, 0.1) is 0 Å². The fourth-order valence-corrected chi connectivity index (χ4v) is 5.04. The second-order valence-corrected chi connectivity index (χ2v) is 11.3. The Kier molecular flexibility index (Phi) is 17.2. The van der Waals surface area contributed by atoms with Crippen LogP contribution in [0, 0.1) is 0 Å². The summed E-state index contributed by atoms with van der Waals surface area (Å²) in [5, 5.41) is 21.5. The van der Waals surface area contributed by atoms with Crippen molar-refractivity contribution in [1.29, 1.82) is 0 Å². The molecule has 0 aliphatic carbocycles.